The Bertz CT molecular complexity index is 665. The van der Waals surface area contributed by atoms with Crippen molar-refractivity contribution < 1.29 is 9.53 Å². The van der Waals surface area contributed by atoms with Crippen LogP contribution in [0.3, 0.4) is 0 Å². The molecule has 5 heteroatoms. The number of nitrogens with one attached hydrogen (secondary N) is 1. The molecule has 1 saturated heterocycles. The van der Waals surface area contributed by atoms with Crippen molar-refractivity contribution in [2.45, 2.75) is 26.3 Å². The summed E-state index contributed by atoms with van der Waals surface area (Å²) in [7, 11) is 0. The molecule has 1 aliphatic heterocycles. The Hall–Kier alpha value is -2.14. The number of ether oxygens (including phenoxy) is 1. The molecule has 22 heavy (non-hydrogen) atoms. The summed E-state index contributed by atoms with van der Waals surface area (Å²) in [5.74, 6) is 0.923. The Labute approximate surface area is 130 Å². The normalized spacial score (nSPS) is 18.5. The molecule has 116 valence electrons. The minimum atomic E-state index is -0.126. The Morgan fingerprint density at radius 2 is 2.23 bits per heavy atom. The van der Waals surface area contributed by atoms with Crippen LogP contribution in [0.2, 0.25) is 0 Å². The molecule has 1 amide bonds. The second-order valence-corrected chi connectivity index (χ2v) is 5.73. The number of amides is 1. The van der Waals surface area contributed by atoms with Crippen molar-refractivity contribution in [1.82, 2.24) is 14.9 Å². The molecule has 1 aromatic carbocycles. The summed E-state index contributed by atoms with van der Waals surface area (Å²) in [6.07, 6.45) is 2.21. The molecule has 0 unspecified atom stereocenters. The van der Waals surface area contributed by atoms with Gasteiger partial charge in [-0.3, -0.25) is 4.79 Å². The quantitative estimate of drug-likeness (QED) is 0.945. The van der Waals surface area contributed by atoms with Crippen LogP contribution in [0.5, 0.6) is 0 Å². The van der Waals surface area contributed by atoms with Crippen LogP contribution in [-0.4, -0.2) is 40.5 Å². The van der Waals surface area contributed by atoms with Crippen LogP contribution in [-0.2, 0) is 16.0 Å². The third-order valence-electron chi connectivity index (χ3n) is 4.09. The van der Waals surface area contributed by atoms with Crippen LogP contribution in [0.25, 0.3) is 0 Å². The van der Waals surface area contributed by atoms with Gasteiger partial charge in [-0.2, -0.15) is 0 Å². The van der Waals surface area contributed by atoms with E-state index in [2.05, 4.69) is 9.97 Å². The van der Waals surface area contributed by atoms with E-state index in [9.17, 15) is 4.79 Å². The molecule has 0 bridgehead atoms. The molecule has 1 fully saturated rings. The average Bonchev–Trinajstić information content (AvgIpc) is 2.96. The van der Waals surface area contributed by atoms with Crippen molar-refractivity contribution in [3.8, 4) is 0 Å². The molecule has 1 aliphatic rings. The molecule has 0 saturated carbocycles. The van der Waals surface area contributed by atoms with Gasteiger partial charge >= 0.3 is 0 Å². The van der Waals surface area contributed by atoms with Crippen LogP contribution in [0.15, 0.2) is 30.5 Å². The lowest BCUT2D eigenvalue weighted by Crippen LogP contribution is -2.44. The predicted molar refractivity (Wildman–Crippen MR) is 83.5 cm³/mol. The highest BCUT2D eigenvalue weighted by Crippen LogP contribution is 2.23. The Morgan fingerprint density at radius 3 is 2.95 bits per heavy atom. The van der Waals surface area contributed by atoms with E-state index in [0.29, 0.717) is 26.2 Å². The van der Waals surface area contributed by atoms with Crippen molar-refractivity contribution in [2.75, 3.05) is 19.8 Å². The molecular formula is C17H21N3O2. The Balaban J connectivity index is 1.78. The maximum atomic E-state index is 12.7. The Morgan fingerprint density at radius 1 is 1.41 bits per heavy atom. The van der Waals surface area contributed by atoms with Gasteiger partial charge in [-0.15, -0.1) is 0 Å². The van der Waals surface area contributed by atoms with Crippen molar-refractivity contribution in [1.29, 1.82) is 0 Å². The van der Waals surface area contributed by atoms with Crippen molar-refractivity contribution in [2.24, 2.45) is 0 Å². The molecule has 0 aliphatic carbocycles. The minimum Gasteiger partial charge on any atom is -0.377 e. The number of hydrogen-bond acceptors (Lipinski definition) is 3. The lowest BCUT2D eigenvalue weighted by Gasteiger charge is -2.34. The first-order chi connectivity index (χ1) is 10.6. The van der Waals surface area contributed by atoms with Crippen molar-refractivity contribution in [3.05, 3.63) is 53.1 Å². The summed E-state index contributed by atoms with van der Waals surface area (Å²) in [5.41, 5.74) is 3.22. The molecule has 0 spiro atoms. The zero-order chi connectivity index (χ0) is 15.5. The Kier molecular flexibility index (Phi) is 4.24. The fourth-order valence-corrected chi connectivity index (χ4v) is 2.80. The standard InChI is InChI=1S/C17H21N3O2/c1-12-5-3-4-6-14(12)9-16(21)20-7-8-22-11-15(20)17-18-10-13(2)19-17/h3-6,10,15H,7-9,11H2,1-2H3,(H,18,19)/t15-/m1/s1. The monoisotopic (exact) mass is 299 g/mol. The zero-order valence-electron chi connectivity index (χ0n) is 13.0. The van der Waals surface area contributed by atoms with E-state index in [1.807, 2.05) is 43.0 Å². The lowest BCUT2D eigenvalue weighted by atomic mass is 10.0. The molecule has 2 heterocycles. The van der Waals surface area contributed by atoms with E-state index in [1.54, 1.807) is 6.20 Å². The van der Waals surface area contributed by atoms with Crippen molar-refractivity contribution >= 4 is 5.91 Å². The molecule has 0 radical (unpaired) electrons. The van der Waals surface area contributed by atoms with E-state index >= 15 is 0 Å². The topological polar surface area (TPSA) is 58.2 Å². The smallest absolute Gasteiger partial charge is 0.227 e. The predicted octanol–water partition coefficient (Wildman–Crippen LogP) is 2.17. The number of rotatable bonds is 3. The zero-order valence-corrected chi connectivity index (χ0v) is 13.0. The molecule has 3 rings (SSSR count). The van der Waals surface area contributed by atoms with Gasteiger partial charge in [0.05, 0.1) is 19.6 Å². The number of nitrogens with zero attached hydrogens (tertiary/aromatic N) is 2. The molecule has 1 N–H and O–H groups in total. The highest BCUT2D eigenvalue weighted by atomic mass is 16.5. The molecule has 5 nitrogen and oxygen atoms in total. The number of aromatic nitrogens is 2. The van der Waals surface area contributed by atoms with Crippen LogP contribution < -0.4 is 0 Å². The van der Waals surface area contributed by atoms with Gasteiger partial charge in [-0.1, -0.05) is 24.3 Å². The first kappa shape index (κ1) is 14.8. The van der Waals surface area contributed by atoms with Crippen LogP contribution in [0.1, 0.15) is 28.7 Å². The number of hydrogen-bond donors (Lipinski definition) is 1. The number of H-pyrrole nitrogens is 1. The van der Waals surface area contributed by atoms with Gasteiger partial charge in [0.25, 0.3) is 0 Å². The van der Waals surface area contributed by atoms with E-state index in [4.69, 9.17) is 4.74 Å². The summed E-state index contributed by atoms with van der Waals surface area (Å²) in [5, 5.41) is 0. The van der Waals surface area contributed by atoms with E-state index < -0.39 is 0 Å². The second-order valence-electron chi connectivity index (χ2n) is 5.73. The third-order valence-corrected chi connectivity index (χ3v) is 4.09. The molecule has 1 atom stereocenters. The summed E-state index contributed by atoms with van der Waals surface area (Å²) in [4.78, 5) is 22.2. The van der Waals surface area contributed by atoms with Gasteiger partial charge in [-0.25, -0.2) is 4.98 Å². The highest BCUT2D eigenvalue weighted by Gasteiger charge is 2.30. The molecular weight excluding hydrogens is 278 g/mol. The second kappa shape index (κ2) is 6.32. The molecule has 1 aromatic heterocycles. The largest absolute Gasteiger partial charge is 0.377 e. The average molecular weight is 299 g/mol. The first-order valence-electron chi connectivity index (χ1n) is 7.58. The van der Waals surface area contributed by atoms with Crippen molar-refractivity contribution in [3.63, 3.8) is 0 Å². The maximum Gasteiger partial charge on any atom is 0.227 e. The first-order valence-corrected chi connectivity index (χ1v) is 7.58. The maximum absolute atomic E-state index is 12.7. The summed E-state index contributed by atoms with van der Waals surface area (Å²) in [6, 6.07) is 7.89. The van der Waals surface area contributed by atoms with Gasteiger partial charge in [-0.05, 0) is 25.0 Å². The van der Waals surface area contributed by atoms with Crippen LogP contribution in [0.4, 0.5) is 0 Å². The van der Waals surface area contributed by atoms with E-state index in [1.165, 1.54) is 0 Å². The highest BCUT2D eigenvalue weighted by molar-refractivity contribution is 5.79. The number of aryl methyl sites for hydroxylation is 2. The molecule has 2 aromatic rings. The van der Waals surface area contributed by atoms with Gasteiger partial charge in [0.15, 0.2) is 0 Å². The number of carbonyl (C=O) groups is 1. The van der Waals surface area contributed by atoms with Gasteiger partial charge in [0.1, 0.15) is 11.9 Å². The number of benzene rings is 1. The number of morpholine rings is 1. The minimum absolute atomic E-state index is 0.122. The summed E-state index contributed by atoms with van der Waals surface area (Å²) >= 11 is 0. The van der Waals surface area contributed by atoms with E-state index in [0.717, 1.165) is 22.6 Å². The number of carbonyl (C=O) groups excluding carboxylic acids is 1. The number of aromatic amines is 1. The number of imidazole rings is 1. The van der Waals surface area contributed by atoms with Gasteiger partial charge in [0.2, 0.25) is 5.91 Å². The summed E-state index contributed by atoms with van der Waals surface area (Å²) < 4.78 is 5.55. The van der Waals surface area contributed by atoms with E-state index in [-0.39, 0.29) is 11.9 Å². The van der Waals surface area contributed by atoms with Crippen LogP contribution in [0, 0.1) is 13.8 Å². The van der Waals surface area contributed by atoms with Gasteiger partial charge in [0, 0.05) is 18.4 Å². The fourth-order valence-electron chi connectivity index (χ4n) is 2.80. The third kappa shape index (κ3) is 3.04. The van der Waals surface area contributed by atoms with Crippen LogP contribution >= 0.6 is 0 Å². The van der Waals surface area contributed by atoms with Gasteiger partial charge < -0.3 is 14.6 Å². The fraction of sp³-hybridized carbons (Fsp3) is 0.412. The summed E-state index contributed by atoms with van der Waals surface area (Å²) in [6.45, 7) is 5.67. The SMILES string of the molecule is Cc1cnc([C@H]2COCCN2C(=O)Cc2ccccc2C)[nH]1. The lowest BCUT2D eigenvalue weighted by molar-refractivity contribution is -0.139.